The van der Waals surface area contributed by atoms with Gasteiger partial charge < -0.3 is 4.74 Å². The normalized spacial score (nSPS) is 15.6. The molecule has 18 heavy (non-hydrogen) atoms. The summed E-state index contributed by atoms with van der Waals surface area (Å²) in [4.78, 5) is 16.6. The number of nitrogens with one attached hydrogen (secondary N) is 1. The van der Waals surface area contributed by atoms with Crippen molar-refractivity contribution in [1.82, 2.24) is 5.48 Å². The van der Waals surface area contributed by atoms with Crippen LogP contribution in [0, 0.1) is 5.82 Å². The first-order chi connectivity index (χ1) is 8.75. The van der Waals surface area contributed by atoms with Gasteiger partial charge in [-0.1, -0.05) is 25.0 Å². The first kappa shape index (κ1) is 12.8. The Labute approximate surface area is 105 Å². The molecular weight excluding hydrogens is 237 g/mol. The highest BCUT2D eigenvalue weighted by Gasteiger charge is 2.17. The maximum atomic E-state index is 13.2. The predicted octanol–water partition coefficient (Wildman–Crippen LogP) is 2.19. The number of halogens is 1. The fourth-order valence-corrected chi connectivity index (χ4v) is 1.89. The van der Waals surface area contributed by atoms with Gasteiger partial charge in [0.15, 0.2) is 18.2 Å². The van der Waals surface area contributed by atoms with E-state index < -0.39 is 11.7 Å². The van der Waals surface area contributed by atoms with Crippen molar-refractivity contribution >= 4 is 5.91 Å². The van der Waals surface area contributed by atoms with Crippen LogP contribution in [0.4, 0.5) is 4.39 Å². The SMILES string of the molecule is O=C(COc1ccccc1F)NOC1CCCC1. The highest BCUT2D eigenvalue weighted by atomic mass is 19.1. The van der Waals surface area contributed by atoms with E-state index in [0.717, 1.165) is 25.7 Å². The molecule has 4 nitrogen and oxygen atoms in total. The van der Waals surface area contributed by atoms with Gasteiger partial charge in [-0.3, -0.25) is 9.63 Å². The first-order valence-electron chi connectivity index (χ1n) is 6.07. The van der Waals surface area contributed by atoms with Crippen LogP contribution < -0.4 is 10.2 Å². The number of para-hydroxylation sites is 1. The minimum Gasteiger partial charge on any atom is -0.481 e. The van der Waals surface area contributed by atoms with E-state index in [2.05, 4.69) is 5.48 Å². The Morgan fingerprint density at radius 3 is 2.78 bits per heavy atom. The third kappa shape index (κ3) is 3.70. The predicted molar refractivity (Wildman–Crippen MR) is 63.4 cm³/mol. The standard InChI is InChI=1S/C13H16FNO3/c14-11-7-3-4-8-12(11)17-9-13(16)15-18-10-5-1-2-6-10/h3-4,7-8,10H,1-2,5-6,9H2,(H,15,16). The molecule has 0 bridgehead atoms. The lowest BCUT2D eigenvalue weighted by Crippen LogP contribution is -2.32. The summed E-state index contributed by atoms with van der Waals surface area (Å²) in [5.41, 5.74) is 2.33. The van der Waals surface area contributed by atoms with Crippen molar-refractivity contribution in [1.29, 1.82) is 0 Å². The Bertz CT molecular complexity index is 405. The van der Waals surface area contributed by atoms with Crippen LogP contribution in [-0.2, 0) is 9.63 Å². The molecule has 0 saturated heterocycles. The van der Waals surface area contributed by atoms with Gasteiger partial charge in [-0.25, -0.2) is 9.87 Å². The summed E-state index contributed by atoms with van der Waals surface area (Å²) in [5, 5.41) is 0. The molecule has 1 aromatic rings. The van der Waals surface area contributed by atoms with Crippen LogP contribution in [0.1, 0.15) is 25.7 Å². The van der Waals surface area contributed by atoms with Crippen LogP contribution in [-0.4, -0.2) is 18.6 Å². The quantitative estimate of drug-likeness (QED) is 0.818. The molecule has 0 atom stereocenters. The highest BCUT2D eigenvalue weighted by molar-refractivity contribution is 5.76. The van der Waals surface area contributed by atoms with E-state index in [4.69, 9.17) is 9.57 Å². The topological polar surface area (TPSA) is 47.6 Å². The molecule has 0 heterocycles. The number of hydrogen-bond donors (Lipinski definition) is 1. The average molecular weight is 253 g/mol. The first-order valence-corrected chi connectivity index (χ1v) is 6.07. The van der Waals surface area contributed by atoms with Crippen LogP contribution in [0.2, 0.25) is 0 Å². The number of carbonyl (C=O) groups excluding carboxylic acids is 1. The summed E-state index contributed by atoms with van der Waals surface area (Å²) in [5.74, 6) is -0.833. The Morgan fingerprint density at radius 2 is 2.06 bits per heavy atom. The van der Waals surface area contributed by atoms with Crippen molar-refractivity contribution < 1.29 is 18.8 Å². The molecule has 0 unspecified atom stereocenters. The number of rotatable bonds is 5. The van der Waals surface area contributed by atoms with Gasteiger partial charge in [-0.05, 0) is 25.0 Å². The second kappa shape index (κ2) is 6.35. The minimum absolute atomic E-state index is 0.0634. The summed E-state index contributed by atoms with van der Waals surface area (Å²) in [7, 11) is 0. The van der Waals surface area contributed by atoms with Crippen LogP contribution >= 0.6 is 0 Å². The lowest BCUT2D eigenvalue weighted by atomic mass is 10.3. The summed E-state index contributed by atoms with van der Waals surface area (Å²) >= 11 is 0. The Kier molecular flexibility index (Phi) is 4.52. The van der Waals surface area contributed by atoms with Crippen molar-refractivity contribution in [3.63, 3.8) is 0 Å². The van der Waals surface area contributed by atoms with Crippen LogP contribution in [0.25, 0.3) is 0 Å². The van der Waals surface area contributed by atoms with Gasteiger partial charge in [0.2, 0.25) is 0 Å². The Hall–Kier alpha value is -1.62. The number of benzene rings is 1. The van der Waals surface area contributed by atoms with Gasteiger partial charge in [0.05, 0.1) is 6.10 Å². The third-order valence-corrected chi connectivity index (χ3v) is 2.84. The zero-order valence-corrected chi connectivity index (χ0v) is 10.0. The number of amides is 1. The molecule has 1 fully saturated rings. The van der Waals surface area contributed by atoms with E-state index in [-0.39, 0.29) is 18.5 Å². The molecule has 2 rings (SSSR count). The van der Waals surface area contributed by atoms with E-state index in [9.17, 15) is 9.18 Å². The summed E-state index contributed by atoms with van der Waals surface area (Å²) in [6, 6.07) is 5.96. The molecule has 0 radical (unpaired) electrons. The van der Waals surface area contributed by atoms with Gasteiger partial charge in [-0.2, -0.15) is 0 Å². The van der Waals surface area contributed by atoms with Gasteiger partial charge in [-0.15, -0.1) is 0 Å². The highest BCUT2D eigenvalue weighted by Crippen LogP contribution is 2.19. The van der Waals surface area contributed by atoms with Gasteiger partial charge in [0.1, 0.15) is 0 Å². The lowest BCUT2D eigenvalue weighted by Gasteiger charge is -2.12. The Balaban J connectivity index is 1.69. The van der Waals surface area contributed by atoms with Gasteiger partial charge >= 0.3 is 0 Å². The zero-order valence-electron chi connectivity index (χ0n) is 10.0. The minimum atomic E-state index is -0.484. The van der Waals surface area contributed by atoms with E-state index >= 15 is 0 Å². The molecule has 0 aliphatic heterocycles. The fourth-order valence-electron chi connectivity index (χ4n) is 1.89. The summed E-state index contributed by atoms with van der Waals surface area (Å²) < 4.78 is 18.2. The molecular formula is C13H16FNO3. The van der Waals surface area contributed by atoms with Crippen molar-refractivity contribution in [3.8, 4) is 5.75 Å². The van der Waals surface area contributed by atoms with Crippen LogP contribution in [0.5, 0.6) is 5.75 Å². The van der Waals surface area contributed by atoms with Crippen LogP contribution in [0.3, 0.4) is 0 Å². The number of hydrogen-bond acceptors (Lipinski definition) is 3. The third-order valence-electron chi connectivity index (χ3n) is 2.84. The lowest BCUT2D eigenvalue weighted by molar-refractivity contribution is -0.140. The molecule has 98 valence electrons. The largest absolute Gasteiger partial charge is 0.481 e. The van der Waals surface area contributed by atoms with Crippen molar-refractivity contribution in [3.05, 3.63) is 30.1 Å². The second-order valence-electron chi connectivity index (χ2n) is 4.27. The molecule has 1 aromatic carbocycles. The molecule has 1 aliphatic rings. The second-order valence-corrected chi connectivity index (χ2v) is 4.27. The number of carbonyl (C=O) groups is 1. The van der Waals surface area contributed by atoms with Gasteiger partial charge in [0.25, 0.3) is 5.91 Å². The molecule has 1 aliphatic carbocycles. The molecule has 1 amide bonds. The summed E-state index contributed by atoms with van der Waals surface area (Å²) in [6.45, 7) is -0.256. The van der Waals surface area contributed by atoms with Crippen LogP contribution in [0.15, 0.2) is 24.3 Å². The molecule has 5 heteroatoms. The van der Waals surface area contributed by atoms with Gasteiger partial charge in [0, 0.05) is 0 Å². The summed E-state index contributed by atoms with van der Waals surface area (Å²) in [6.07, 6.45) is 4.30. The van der Waals surface area contributed by atoms with E-state index in [1.807, 2.05) is 0 Å². The smallest absolute Gasteiger partial charge is 0.281 e. The van der Waals surface area contributed by atoms with E-state index in [1.54, 1.807) is 12.1 Å². The maximum Gasteiger partial charge on any atom is 0.281 e. The average Bonchev–Trinajstić information content (AvgIpc) is 2.88. The van der Waals surface area contributed by atoms with E-state index in [1.165, 1.54) is 12.1 Å². The molecule has 0 aromatic heterocycles. The van der Waals surface area contributed by atoms with Crippen molar-refractivity contribution in [2.75, 3.05) is 6.61 Å². The Morgan fingerprint density at radius 1 is 1.33 bits per heavy atom. The molecule has 0 spiro atoms. The van der Waals surface area contributed by atoms with Crippen molar-refractivity contribution in [2.24, 2.45) is 0 Å². The number of hydroxylamine groups is 1. The number of ether oxygens (including phenoxy) is 1. The molecule has 1 N–H and O–H groups in total. The molecule has 1 saturated carbocycles. The monoisotopic (exact) mass is 253 g/mol. The van der Waals surface area contributed by atoms with Crippen molar-refractivity contribution in [2.45, 2.75) is 31.8 Å². The fraction of sp³-hybridized carbons (Fsp3) is 0.462. The zero-order chi connectivity index (χ0) is 12.8. The maximum absolute atomic E-state index is 13.2. The van der Waals surface area contributed by atoms with E-state index in [0.29, 0.717) is 0 Å².